The van der Waals surface area contributed by atoms with E-state index in [-0.39, 0.29) is 23.2 Å². The summed E-state index contributed by atoms with van der Waals surface area (Å²) in [7, 11) is -3.32. The van der Waals surface area contributed by atoms with Crippen LogP contribution in [0.2, 0.25) is 0 Å². The van der Waals surface area contributed by atoms with Crippen molar-refractivity contribution in [1.82, 2.24) is 0 Å². The van der Waals surface area contributed by atoms with E-state index in [0.29, 0.717) is 16.1 Å². The van der Waals surface area contributed by atoms with Crippen LogP contribution in [0.1, 0.15) is 57.8 Å². The number of amides is 1. The molecule has 0 atom stereocenters. The maximum atomic E-state index is 12.7. The van der Waals surface area contributed by atoms with Crippen molar-refractivity contribution in [2.75, 3.05) is 17.7 Å². The Balaban J connectivity index is 1.88. The number of esters is 1. The molecular weight excluding hydrogens is 398 g/mol. The van der Waals surface area contributed by atoms with Crippen LogP contribution in [0.4, 0.5) is 5.00 Å². The lowest BCUT2D eigenvalue weighted by molar-refractivity contribution is 0.0526. The summed E-state index contributed by atoms with van der Waals surface area (Å²) < 4.78 is 29.0. The van der Waals surface area contributed by atoms with Crippen molar-refractivity contribution < 1.29 is 22.7 Å². The number of nitrogens with one attached hydrogen (secondary N) is 1. The van der Waals surface area contributed by atoms with Crippen LogP contribution < -0.4 is 5.32 Å². The molecule has 3 rings (SSSR count). The highest BCUT2D eigenvalue weighted by atomic mass is 32.2. The topological polar surface area (TPSA) is 89.5 Å². The second-order valence-corrected chi connectivity index (χ2v) is 9.90. The standard InChI is InChI=1S/C20H23NO5S2/c1-3-26-20(23)17-15-7-5-6-8-16(15)27-19(17)21-18(22)13-9-11-14(12-10-13)28(24,25)4-2/h9-12H,3-8H2,1-2H3,(H,21,22). The van der Waals surface area contributed by atoms with Crippen molar-refractivity contribution in [2.24, 2.45) is 0 Å². The number of fused-ring (bicyclic) bond motifs is 1. The average molecular weight is 422 g/mol. The summed E-state index contributed by atoms with van der Waals surface area (Å²) in [6.45, 7) is 3.59. The zero-order valence-corrected chi connectivity index (χ0v) is 17.5. The zero-order chi connectivity index (χ0) is 20.3. The summed E-state index contributed by atoms with van der Waals surface area (Å²) >= 11 is 1.42. The van der Waals surface area contributed by atoms with Gasteiger partial charge in [0, 0.05) is 10.4 Å². The first kappa shape index (κ1) is 20.5. The number of hydrogen-bond acceptors (Lipinski definition) is 6. The maximum absolute atomic E-state index is 12.7. The smallest absolute Gasteiger partial charge is 0.341 e. The predicted molar refractivity (Wildman–Crippen MR) is 109 cm³/mol. The van der Waals surface area contributed by atoms with Crippen LogP contribution in [-0.4, -0.2) is 32.7 Å². The molecule has 1 aliphatic rings. The first-order valence-electron chi connectivity index (χ1n) is 9.33. The molecule has 0 saturated carbocycles. The summed E-state index contributed by atoms with van der Waals surface area (Å²) in [6.07, 6.45) is 3.78. The molecule has 0 unspecified atom stereocenters. The van der Waals surface area contributed by atoms with Gasteiger partial charge < -0.3 is 10.1 Å². The molecule has 1 heterocycles. The average Bonchev–Trinajstić information content (AvgIpc) is 3.06. The van der Waals surface area contributed by atoms with Gasteiger partial charge in [-0.3, -0.25) is 4.79 Å². The Labute approximate surface area is 168 Å². The Kier molecular flexibility index (Phi) is 6.20. The van der Waals surface area contributed by atoms with Crippen molar-refractivity contribution in [3.8, 4) is 0 Å². The predicted octanol–water partition coefficient (Wildman–Crippen LogP) is 3.85. The molecule has 150 valence electrons. The molecule has 0 spiro atoms. The normalized spacial score (nSPS) is 13.6. The van der Waals surface area contributed by atoms with Crippen LogP contribution >= 0.6 is 11.3 Å². The minimum absolute atomic E-state index is 0.00217. The van der Waals surface area contributed by atoms with Gasteiger partial charge in [-0.05, 0) is 62.4 Å². The maximum Gasteiger partial charge on any atom is 0.341 e. The lowest BCUT2D eigenvalue weighted by atomic mass is 9.95. The molecule has 0 bridgehead atoms. The highest BCUT2D eigenvalue weighted by molar-refractivity contribution is 7.91. The Morgan fingerprint density at radius 3 is 2.43 bits per heavy atom. The monoisotopic (exact) mass is 421 g/mol. The van der Waals surface area contributed by atoms with Crippen molar-refractivity contribution in [3.63, 3.8) is 0 Å². The third-order valence-corrected chi connectivity index (χ3v) is 7.69. The Morgan fingerprint density at radius 1 is 1.11 bits per heavy atom. The number of carbonyl (C=O) groups excluding carboxylic acids is 2. The molecule has 0 fully saturated rings. The molecule has 1 aliphatic carbocycles. The van der Waals surface area contributed by atoms with Gasteiger partial charge >= 0.3 is 5.97 Å². The molecule has 8 heteroatoms. The van der Waals surface area contributed by atoms with Gasteiger partial charge in [0.15, 0.2) is 9.84 Å². The largest absolute Gasteiger partial charge is 0.462 e. The first-order valence-corrected chi connectivity index (χ1v) is 11.8. The zero-order valence-electron chi connectivity index (χ0n) is 15.9. The molecule has 0 radical (unpaired) electrons. The lowest BCUT2D eigenvalue weighted by Crippen LogP contribution is -2.16. The number of aryl methyl sites for hydroxylation is 1. The number of ether oxygens (including phenoxy) is 1. The van der Waals surface area contributed by atoms with Crippen LogP contribution in [0.15, 0.2) is 29.2 Å². The van der Waals surface area contributed by atoms with E-state index in [1.807, 2.05) is 0 Å². The summed E-state index contributed by atoms with van der Waals surface area (Å²) in [5.41, 5.74) is 1.77. The molecule has 1 aromatic heterocycles. The van der Waals surface area contributed by atoms with E-state index in [4.69, 9.17) is 4.74 Å². The Bertz CT molecular complexity index is 990. The summed E-state index contributed by atoms with van der Waals surface area (Å²) in [5, 5.41) is 3.33. The van der Waals surface area contributed by atoms with Crippen molar-refractivity contribution in [1.29, 1.82) is 0 Å². The number of benzene rings is 1. The number of anilines is 1. The first-order chi connectivity index (χ1) is 13.4. The van der Waals surface area contributed by atoms with E-state index < -0.39 is 15.8 Å². The van der Waals surface area contributed by atoms with Crippen molar-refractivity contribution in [2.45, 2.75) is 44.4 Å². The van der Waals surface area contributed by atoms with Crippen molar-refractivity contribution in [3.05, 3.63) is 45.8 Å². The quantitative estimate of drug-likeness (QED) is 0.716. The van der Waals surface area contributed by atoms with E-state index in [9.17, 15) is 18.0 Å². The second-order valence-electron chi connectivity index (χ2n) is 6.52. The van der Waals surface area contributed by atoms with Gasteiger partial charge in [-0.15, -0.1) is 11.3 Å². The van der Waals surface area contributed by atoms with Gasteiger partial charge in [-0.1, -0.05) is 6.92 Å². The molecule has 0 saturated heterocycles. The third kappa shape index (κ3) is 4.12. The minimum Gasteiger partial charge on any atom is -0.462 e. The fourth-order valence-electron chi connectivity index (χ4n) is 3.23. The SMILES string of the molecule is CCOC(=O)c1c(NC(=O)c2ccc(S(=O)(=O)CC)cc2)sc2c1CCCC2. The minimum atomic E-state index is -3.32. The lowest BCUT2D eigenvalue weighted by Gasteiger charge is -2.12. The highest BCUT2D eigenvalue weighted by Crippen LogP contribution is 2.38. The van der Waals surface area contributed by atoms with Crippen LogP contribution in [0.25, 0.3) is 0 Å². The van der Waals surface area contributed by atoms with Gasteiger partial charge in [0.1, 0.15) is 5.00 Å². The van der Waals surface area contributed by atoms with Crippen LogP contribution in [0, 0.1) is 0 Å². The Morgan fingerprint density at radius 2 is 1.79 bits per heavy atom. The number of thiophene rings is 1. The van der Waals surface area contributed by atoms with Gasteiger partial charge in [0.05, 0.1) is 22.8 Å². The molecule has 1 N–H and O–H groups in total. The van der Waals surface area contributed by atoms with Gasteiger partial charge in [-0.2, -0.15) is 0 Å². The molecule has 1 aromatic carbocycles. The summed E-state index contributed by atoms with van der Waals surface area (Å²) in [5.74, 6) is -0.798. The van der Waals surface area contributed by atoms with Crippen molar-refractivity contribution >= 4 is 38.1 Å². The molecule has 28 heavy (non-hydrogen) atoms. The molecule has 0 aliphatic heterocycles. The third-order valence-electron chi connectivity index (χ3n) is 4.73. The van der Waals surface area contributed by atoms with E-state index in [0.717, 1.165) is 36.1 Å². The molecular formula is C20H23NO5S2. The van der Waals surface area contributed by atoms with E-state index in [2.05, 4.69) is 5.32 Å². The highest BCUT2D eigenvalue weighted by Gasteiger charge is 2.27. The van der Waals surface area contributed by atoms with E-state index >= 15 is 0 Å². The number of rotatable bonds is 6. The fraction of sp³-hybridized carbons (Fsp3) is 0.400. The molecule has 2 aromatic rings. The van der Waals surface area contributed by atoms with Crippen LogP contribution in [0.5, 0.6) is 0 Å². The number of hydrogen-bond donors (Lipinski definition) is 1. The summed E-state index contributed by atoms with van der Waals surface area (Å²) in [6, 6.07) is 5.82. The fourth-order valence-corrected chi connectivity index (χ4v) is 5.39. The van der Waals surface area contributed by atoms with Crippen LogP contribution in [0.3, 0.4) is 0 Å². The van der Waals surface area contributed by atoms with Gasteiger partial charge in [-0.25, -0.2) is 13.2 Å². The van der Waals surface area contributed by atoms with Crippen LogP contribution in [-0.2, 0) is 27.4 Å². The van der Waals surface area contributed by atoms with E-state index in [1.54, 1.807) is 13.8 Å². The molecule has 1 amide bonds. The molecule has 6 nitrogen and oxygen atoms in total. The summed E-state index contributed by atoms with van der Waals surface area (Å²) in [4.78, 5) is 26.5. The number of sulfone groups is 1. The number of carbonyl (C=O) groups is 2. The van der Waals surface area contributed by atoms with Gasteiger partial charge in [0.25, 0.3) is 5.91 Å². The second kappa shape index (κ2) is 8.45. The Hall–Kier alpha value is -2.19. The van der Waals surface area contributed by atoms with E-state index in [1.165, 1.54) is 35.6 Å². The van der Waals surface area contributed by atoms with Gasteiger partial charge in [0.2, 0.25) is 0 Å².